The Bertz CT molecular complexity index is 1350. The number of H-pyrrole nitrogens is 1. The van der Waals surface area contributed by atoms with Gasteiger partial charge in [-0.05, 0) is 29.3 Å². The van der Waals surface area contributed by atoms with Crippen molar-refractivity contribution in [3.8, 4) is 5.88 Å². The second kappa shape index (κ2) is 9.74. The number of hydrogen-bond donors (Lipinski definition) is 2. The molecule has 4 rings (SSSR count). The molecule has 0 bridgehead atoms. The molecule has 4 aromatic rings. The van der Waals surface area contributed by atoms with Gasteiger partial charge in [0.25, 0.3) is 5.56 Å². The number of aromatic nitrogens is 3. The van der Waals surface area contributed by atoms with Crippen molar-refractivity contribution in [2.45, 2.75) is 26.1 Å². The van der Waals surface area contributed by atoms with Crippen molar-refractivity contribution in [3.05, 3.63) is 105 Å². The molecule has 2 heterocycles. The maximum absolute atomic E-state index is 12.4. The zero-order chi connectivity index (χ0) is 22.3. The van der Waals surface area contributed by atoms with Gasteiger partial charge in [0, 0.05) is 31.8 Å². The minimum Gasteiger partial charge on any atom is -0.473 e. The molecular weight excluding hydrogens is 408 g/mol. The van der Waals surface area contributed by atoms with Crippen LogP contribution in [0.4, 0.5) is 0 Å². The lowest BCUT2D eigenvalue weighted by atomic mass is 10.2. The number of pyridine rings is 1. The van der Waals surface area contributed by atoms with Crippen LogP contribution in [0, 0.1) is 0 Å². The Hall–Kier alpha value is -4.20. The number of amides is 1. The number of nitrogens with one attached hydrogen (secondary N) is 2. The van der Waals surface area contributed by atoms with E-state index in [9.17, 15) is 14.4 Å². The SMILES string of the molecule is O=C(CCn1c(=O)[nH]c(=O)c2ccccc21)NCc1ccnc(OCc2ccccc2)c1. The summed E-state index contributed by atoms with van der Waals surface area (Å²) in [5, 5.41) is 3.25. The van der Waals surface area contributed by atoms with Crippen LogP contribution in [0.3, 0.4) is 0 Å². The summed E-state index contributed by atoms with van der Waals surface area (Å²) in [6.07, 6.45) is 1.73. The zero-order valence-corrected chi connectivity index (χ0v) is 17.3. The molecule has 0 atom stereocenters. The molecule has 8 heteroatoms. The predicted octanol–water partition coefficient (Wildman–Crippen LogP) is 2.37. The van der Waals surface area contributed by atoms with Gasteiger partial charge in [0.1, 0.15) is 6.61 Å². The first-order chi connectivity index (χ1) is 15.6. The molecule has 0 unspecified atom stereocenters. The minimum absolute atomic E-state index is 0.0956. The first-order valence-electron chi connectivity index (χ1n) is 10.2. The highest BCUT2D eigenvalue weighted by molar-refractivity contribution is 5.78. The van der Waals surface area contributed by atoms with E-state index in [1.54, 1.807) is 42.6 Å². The van der Waals surface area contributed by atoms with Crippen LogP contribution in [0.5, 0.6) is 5.88 Å². The maximum atomic E-state index is 12.4. The van der Waals surface area contributed by atoms with Gasteiger partial charge in [-0.1, -0.05) is 42.5 Å². The summed E-state index contributed by atoms with van der Waals surface area (Å²) >= 11 is 0. The lowest BCUT2D eigenvalue weighted by molar-refractivity contribution is -0.121. The van der Waals surface area contributed by atoms with Crippen molar-refractivity contribution in [3.63, 3.8) is 0 Å². The molecule has 2 aromatic carbocycles. The molecule has 0 saturated carbocycles. The summed E-state index contributed by atoms with van der Waals surface area (Å²) in [6.45, 7) is 0.875. The molecule has 0 radical (unpaired) electrons. The number of hydrogen-bond acceptors (Lipinski definition) is 5. The number of ether oxygens (including phenoxy) is 1. The second-order valence-electron chi connectivity index (χ2n) is 7.23. The largest absolute Gasteiger partial charge is 0.473 e. The number of nitrogens with zero attached hydrogens (tertiary/aromatic N) is 2. The summed E-state index contributed by atoms with van der Waals surface area (Å²) in [5.41, 5.74) is 1.43. The van der Waals surface area contributed by atoms with Crippen molar-refractivity contribution in [2.24, 2.45) is 0 Å². The van der Waals surface area contributed by atoms with Gasteiger partial charge in [0.15, 0.2) is 0 Å². The van der Waals surface area contributed by atoms with Gasteiger partial charge in [-0.2, -0.15) is 0 Å². The second-order valence-corrected chi connectivity index (χ2v) is 7.23. The smallest absolute Gasteiger partial charge is 0.328 e. The lowest BCUT2D eigenvalue weighted by Gasteiger charge is -2.10. The van der Waals surface area contributed by atoms with Crippen molar-refractivity contribution in [1.82, 2.24) is 19.9 Å². The van der Waals surface area contributed by atoms with Crippen LogP contribution in [-0.4, -0.2) is 20.4 Å². The number of carbonyl (C=O) groups excluding carboxylic acids is 1. The lowest BCUT2D eigenvalue weighted by Crippen LogP contribution is -2.32. The van der Waals surface area contributed by atoms with Crippen molar-refractivity contribution in [2.75, 3.05) is 0 Å². The standard InChI is InChI=1S/C24H22N4O4/c29-21(11-13-28-20-9-5-4-8-19(20)23(30)27-24(28)31)26-15-18-10-12-25-22(14-18)32-16-17-6-2-1-3-7-17/h1-10,12,14H,11,13,15-16H2,(H,26,29)(H,27,30,31). The van der Waals surface area contributed by atoms with Gasteiger partial charge in [0.05, 0.1) is 10.9 Å². The summed E-state index contributed by atoms with van der Waals surface area (Å²) in [5.74, 6) is 0.266. The van der Waals surface area contributed by atoms with E-state index in [-0.39, 0.29) is 18.9 Å². The van der Waals surface area contributed by atoms with E-state index in [2.05, 4.69) is 15.3 Å². The number of aromatic amines is 1. The molecule has 8 nitrogen and oxygen atoms in total. The average Bonchev–Trinajstić information content (AvgIpc) is 2.82. The predicted molar refractivity (Wildman–Crippen MR) is 120 cm³/mol. The topological polar surface area (TPSA) is 106 Å². The fourth-order valence-corrected chi connectivity index (χ4v) is 3.34. The fraction of sp³-hybridized carbons (Fsp3) is 0.167. The zero-order valence-electron chi connectivity index (χ0n) is 17.3. The fourth-order valence-electron chi connectivity index (χ4n) is 3.34. The quantitative estimate of drug-likeness (QED) is 0.446. The summed E-state index contributed by atoms with van der Waals surface area (Å²) in [4.78, 5) is 43.0. The monoisotopic (exact) mass is 430 g/mol. The average molecular weight is 430 g/mol. The molecule has 2 N–H and O–H groups in total. The van der Waals surface area contributed by atoms with Crippen LogP contribution < -0.4 is 21.3 Å². The Kier molecular flexibility index (Phi) is 6.41. The molecule has 32 heavy (non-hydrogen) atoms. The Labute approximate surface area is 183 Å². The van der Waals surface area contributed by atoms with Gasteiger partial charge in [-0.15, -0.1) is 0 Å². The number of aryl methyl sites for hydroxylation is 1. The normalized spacial score (nSPS) is 10.8. The molecule has 1 amide bonds. The Morgan fingerprint density at radius 2 is 1.78 bits per heavy atom. The van der Waals surface area contributed by atoms with Crippen LogP contribution >= 0.6 is 0 Å². The Balaban J connectivity index is 1.34. The molecule has 162 valence electrons. The number of benzene rings is 2. The third-order valence-corrected chi connectivity index (χ3v) is 4.99. The summed E-state index contributed by atoms with van der Waals surface area (Å²) in [7, 11) is 0. The highest BCUT2D eigenvalue weighted by Gasteiger charge is 2.09. The molecule has 0 aliphatic carbocycles. The Morgan fingerprint density at radius 3 is 2.62 bits per heavy atom. The van der Waals surface area contributed by atoms with Crippen LogP contribution in [0.1, 0.15) is 17.5 Å². The van der Waals surface area contributed by atoms with Crippen molar-refractivity contribution < 1.29 is 9.53 Å². The molecule has 0 spiro atoms. The summed E-state index contributed by atoms with van der Waals surface area (Å²) in [6, 6.07) is 20.2. The third kappa shape index (κ3) is 5.10. The third-order valence-electron chi connectivity index (χ3n) is 4.99. The highest BCUT2D eigenvalue weighted by atomic mass is 16.5. The van der Waals surface area contributed by atoms with E-state index in [0.717, 1.165) is 11.1 Å². The maximum Gasteiger partial charge on any atom is 0.328 e. The molecule has 0 aliphatic heterocycles. The van der Waals surface area contributed by atoms with Crippen molar-refractivity contribution >= 4 is 16.8 Å². The van der Waals surface area contributed by atoms with Gasteiger partial charge in [-0.3, -0.25) is 19.1 Å². The molecular formula is C24H22N4O4. The summed E-state index contributed by atoms with van der Waals surface area (Å²) < 4.78 is 7.12. The molecule has 0 fully saturated rings. The van der Waals surface area contributed by atoms with E-state index < -0.39 is 11.2 Å². The van der Waals surface area contributed by atoms with Gasteiger partial charge < -0.3 is 10.1 Å². The van der Waals surface area contributed by atoms with Crippen molar-refractivity contribution in [1.29, 1.82) is 0 Å². The number of rotatable bonds is 8. The van der Waals surface area contributed by atoms with E-state index in [4.69, 9.17) is 4.74 Å². The minimum atomic E-state index is -0.532. The first-order valence-corrected chi connectivity index (χ1v) is 10.2. The number of para-hydroxylation sites is 1. The van der Waals surface area contributed by atoms with Crippen LogP contribution in [-0.2, 0) is 24.5 Å². The number of fused-ring (bicyclic) bond motifs is 1. The van der Waals surface area contributed by atoms with E-state index >= 15 is 0 Å². The van der Waals surface area contributed by atoms with E-state index in [1.807, 2.05) is 30.3 Å². The van der Waals surface area contributed by atoms with Crippen LogP contribution in [0.15, 0.2) is 82.5 Å². The van der Waals surface area contributed by atoms with Gasteiger partial charge >= 0.3 is 5.69 Å². The van der Waals surface area contributed by atoms with Gasteiger partial charge in [-0.25, -0.2) is 9.78 Å². The van der Waals surface area contributed by atoms with E-state index in [0.29, 0.717) is 29.9 Å². The van der Waals surface area contributed by atoms with Crippen LogP contribution in [0.25, 0.3) is 10.9 Å². The van der Waals surface area contributed by atoms with E-state index in [1.165, 1.54) is 4.57 Å². The van der Waals surface area contributed by atoms with Gasteiger partial charge in [0.2, 0.25) is 11.8 Å². The molecule has 2 aromatic heterocycles. The Morgan fingerprint density at radius 1 is 1.00 bits per heavy atom. The molecule has 0 saturated heterocycles. The first kappa shape index (κ1) is 21.0. The highest BCUT2D eigenvalue weighted by Crippen LogP contribution is 2.12. The van der Waals surface area contributed by atoms with Crippen LogP contribution in [0.2, 0.25) is 0 Å². The number of carbonyl (C=O) groups is 1. The molecule has 0 aliphatic rings.